The standard InChI is InChI=1S/C13H19NO2/c1-15-12-6-5-11(13(9-12)16-2)10-14-7-3-4-8-14/h5-6,9H,3-4,7-8,10H2,1-2H3/p+1. The molecule has 0 spiro atoms. The van der Waals surface area contributed by atoms with E-state index in [4.69, 9.17) is 9.47 Å². The first-order valence-corrected chi connectivity index (χ1v) is 5.88. The number of rotatable bonds is 4. The molecule has 3 heteroatoms. The second-order valence-corrected chi connectivity index (χ2v) is 4.31. The highest BCUT2D eigenvalue weighted by Gasteiger charge is 2.17. The van der Waals surface area contributed by atoms with Crippen molar-refractivity contribution in [2.24, 2.45) is 0 Å². The van der Waals surface area contributed by atoms with E-state index in [1.54, 1.807) is 19.1 Å². The maximum atomic E-state index is 5.40. The van der Waals surface area contributed by atoms with Gasteiger partial charge < -0.3 is 14.4 Å². The van der Waals surface area contributed by atoms with E-state index < -0.39 is 0 Å². The van der Waals surface area contributed by atoms with Gasteiger partial charge in [-0.2, -0.15) is 0 Å². The van der Waals surface area contributed by atoms with E-state index in [9.17, 15) is 0 Å². The summed E-state index contributed by atoms with van der Waals surface area (Å²) in [5, 5.41) is 0. The Labute approximate surface area is 97.0 Å². The summed E-state index contributed by atoms with van der Waals surface area (Å²) in [4.78, 5) is 1.66. The molecule has 1 heterocycles. The normalized spacial score (nSPS) is 16.4. The van der Waals surface area contributed by atoms with Crippen LogP contribution in [0.25, 0.3) is 0 Å². The van der Waals surface area contributed by atoms with Gasteiger partial charge in [0.2, 0.25) is 0 Å². The monoisotopic (exact) mass is 222 g/mol. The molecule has 0 unspecified atom stereocenters. The molecule has 3 nitrogen and oxygen atoms in total. The molecular formula is C13H20NO2+. The fourth-order valence-corrected chi connectivity index (χ4v) is 2.32. The Balaban J connectivity index is 2.12. The molecule has 1 N–H and O–H groups in total. The largest absolute Gasteiger partial charge is 0.497 e. The predicted octanol–water partition coefficient (Wildman–Crippen LogP) is 0.882. The van der Waals surface area contributed by atoms with Crippen molar-refractivity contribution in [3.8, 4) is 11.5 Å². The molecule has 88 valence electrons. The van der Waals surface area contributed by atoms with E-state index in [-0.39, 0.29) is 0 Å². The van der Waals surface area contributed by atoms with Gasteiger partial charge in [-0.05, 0) is 12.1 Å². The third kappa shape index (κ3) is 2.47. The van der Waals surface area contributed by atoms with E-state index in [2.05, 4.69) is 6.07 Å². The van der Waals surface area contributed by atoms with Crippen molar-refractivity contribution in [2.75, 3.05) is 27.3 Å². The zero-order valence-corrected chi connectivity index (χ0v) is 10.1. The summed E-state index contributed by atoms with van der Waals surface area (Å²) >= 11 is 0. The van der Waals surface area contributed by atoms with E-state index in [0.717, 1.165) is 18.0 Å². The van der Waals surface area contributed by atoms with Crippen LogP contribution in [0.3, 0.4) is 0 Å². The number of hydrogen-bond acceptors (Lipinski definition) is 2. The Morgan fingerprint density at radius 2 is 1.88 bits per heavy atom. The van der Waals surface area contributed by atoms with Crippen LogP contribution in [0.5, 0.6) is 11.5 Å². The second-order valence-electron chi connectivity index (χ2n) is 4.31. The lowest BCUT2D eigenvalue weighted by atomic mass is 10.2. The van der Waals surface area contributed by atoms with Gasteiger partial charge in [0.15, 0.2) is 0 Å². The lowest BCUT2D eigenvalue weighted by Gasteiger charge is -2.15. The summed E-state index contributed by atoms with van der Waals surface area (Å²) in [5.74, 6) is 1.80. The fourth-order valence-electron chi connectivity index (χ4n) is 2.32. The van der Waals surface area contributed by atoms with Gasteiger partial charge in [0, 0.05) is 24.5 Å². The molecule has 1 aliphatic rings. The SMILES string of the molecule is COc1ccc(C[NH+]2CCCC2)c(OC)c1. The lowest BCUT2D eigenvalue weighted by molar-refractivity contribution is -0.901. The highest BCUT2D eigenvalue weighted by molar-refractivity contribution is 5.40. The van der Waals surface area contributed by atoms with Gasteiger partial charge >= 0.3 is 0 Å². The highest BCUT2D eigenvalue weighted by Crippen LogP contribution is 2.23. The lowest BCUT2D eigenvalue weighted by Crippen LogP contribution is -3.08. The van der Waals surface area contributed by atoms with Crippen LogP contribution < -0.4 is 14.4 Å². The topological polar surface area (TPSA) is 22.9 Å². The zero-order valence-electron chi connectivity index (χ0n) is 10.1. The smallest absolute Gasteiger partial charge is 0.131 e. The quantitative estimate of drug-likeness (QED) is 0.817. The number of quaternary nitrogens is 1. The Hall–Kier alpha value is -1.22. The molecule has 0 bridgehead atoms. The van der Waals surface area contributed by atoms with Crippen molar-refractivity contribution in [1.29, 1.82) is 0 Å². The first kappa shape index (κ1) is 11.3. The van der Waals surface area contributed by atoms with Crippen molar-refractivity contribution in [3.05, 3.63) is 23.8 Å². The van der Waals surface area contributed by atoms with Crippen molar-refractivity contribution in [2.45, 2.75) is 19.4 Å². The third-order valence-electron chi connectivity index (χ3n) is 3.25. The maximum absolute atomic E-state index is 5.40. The van der Waals surface area contributed by atoms with Crippen LogP contribution in [0.4, 0.5) is 0 Å². The average Bonchev–Trinajstić information content (AvgIpc) is 2.82. The van der Waals surface area contributed by atoms with Gasteiger partial charge in [-0.15, -0.1) is 0 Å². The van der Waals surface area contributed by atoms with E-state index in [0.29, 0.717) is 0 Å². The van der Waals surface area contributed by atoms with Crippen molar-refractivity contribution in [3.63, 3.8) is 0 Å². The summed E-state index contributed by atoms with van der Waals surface area (Å²) < 4.78 is 10.6. The molecular weight excluding hydrogens is 202 g/mol. The van der Waals surface area contributed by atoms with Crippen LogP contribution in [0.2, 0.25) is 0 Å². The minimum Gasteiger partial charge on any atom is -0.497 e. The Bertz CT molecular complexity index is 346. The molecule has 1 aromatic carbocycles. The van der Waals surface area contributed by atoms with Gasteiger partial charge in [-0.25, -0.2) is 0 Å². The molecule has 2 rings (SSSR count). The summed E-state index contributed by atoms with van der Waals surface area (Å²) in [6.07, 6.45) is 2.71. The number of likely N-dealkylation sites (tertiary alicyclic amines) is 1. The molecule has 1 saturated heterocycles. The molecule has 0 radical (unpaired) electrons. The second kappa shape index (κ2) is 5.21. The first-order valence-electron chi connectivity index (χ1n) is 5.88. The van der Waals surface area contributed by atoms with Crippen LogP contribution in [-0.2, 0) is 6.54 Å². The highest BCUT2D eigenvalue weighted by atomic mass is 16.5. The molecule has 0 aromatic heterocycles. The zero-order chi connectivity index (χ0) is 11.4. The Morgan fingerprint density at radius 3 is 2.50 bits per heavy atom. The van der Waals surface area contributed by atoms with Crippen LogP contribution in [-0.4, -0.2) is 27.3 Å². The molecule has 16 heavy (non-hydrogen) atoms. The first-order chi connectivity index (χ1) is 7.83. The summed E-state index contributed by atoms with van der Waals surface area (Å²) in [5.41, 5.74) is 1.28. The molecule has 0 amide bonds. The summed E-state index contributed by atoms with van der Waals surface area (Å²) in [6, 6.07) is 6.08. The van der Waals surface area contributed by atoms with Gasteiger partial charge in [0.1, 0.15) is 18.0 Å². The minimum atomic E-state index is 0.858. The number of methoxy groups -OCH3 is 2. The van der Waals surface area contributed by atoms with E-state index in [1.807, 2.05) is 12.1 Å². The summed E-state index contributed by atoms with van der Waals surface area (Å²) in [7, 11) is 3.40. The van der Waals surface area contributed by atoms with Crippen molar-refractivity contribution >= 4 is 0 Å². The third-order valence-corrected chi connectivity index (χ3v) is 3.25. The predicted molar refractivity (Wildman–Crippen MR) is 63.2 cm³/mol. The Kier molecular flexibility index (Phi) is 3.67. The van der Waals surface area contributed by atoms with Crippen LogP contribution >= 0.6 is 0 Å². The number of nitrogens with one attached hydrogen (secondary N) is 1. The molecule has 0 saturated carbocycles. The molecule has 1 fully saturated rings. The number of ether oxygens (including phenoxy) is 2. The van der Waals surface area contributed by atoms with Crippen molar-refractivity contribution in [1.82, 2.24) is 0 Å². The van der Waals surface area contributed by atoms with Crippen molar-refractivity contribution < 1.29 is 14.4 Å². The van der Waals surface area contributed by atoms with Gasteiger partial charge in [-0.1, -0.05) is 0 Å². The number of benzene rings is 1. The fraction of sp³-hybridized carbons (Fsp3) is 0.538. The van der Waals surface area contributed by atoms with Crippen LogP contribution in [0, 0.1) is 0 Å². The van der Waals surface area contributed by atoms with Gasteiger partial charge in [0.05, 0.1) is 27.3 Å². The minimum absolute atomic E-state index is 0.858. The molecule has 1 aromatic rings. The molecule has 0 atom stereocenters. The maximum Gasteiger partial charge on any atom is 0.131 e. The van der Waals surface area contributed by atoms with E-state index >= 15 is 0 Å². The summed E-state index contributed by atoms with van der Waals surface area (Å²) in [6.45, 7) is 3.64. The number of hydrogen-bond donors (Lipinski definition) is 1. The van der Waals surface area contributed by atoms with Crippen LogP contribution in [0.15, 0.2) is 18.2 Å². The van der Waals surface area contributed by atoms with E-state index in [1.165, 1.54) is 31.5 Å². The Morgan fingerprint density at radius 1 is 1.12 bits per heavy atom. The molecule has 0 aliphatic carbocycles. The van der Waals surface area contributed by atoms with Gasteiger partial charge in [-0.3, -0.25) is 0 Å². The average molecular weight is 222 g/mol. The molecule has 1 aliphatic heterocycles. The van der Waals surface area contributed by atoms with Gasteiger partial charge in [0.25, 0.3) is 0 Å². The van der Waals surface area contributed by atoms with Crippen LogP contribution in [0.1, 0.15) is 18.4 Å².